The number of ether oxygens (including phenoxy) is 1. The van der Waals surface area contributed by atoms with Gasteiger partial charge in [-0.05, 0) is 54.3 Å². The molecule has 0 unspecified atom stereocenters. The maximum absolute atomic E-state index is 13.4. The smallest absolute Gasteiger partial charge is 0.417 e. The predicted molar refractivity (Wildman–Crippen MR) is 145 cm³/mol. The second-order valence-electron chi connectivity index (χ2n) is 10.3. The SMILES string of the molecule is O=S(=O)(c1ccccc1C(F)(F)F)N1CCC(Oc2cccc(CN3CCN(Cc4cccnc4)CC3)c2)CC1. The number of sulfonamides is 1. The molecule has 214 valence electrons. The van der Waals surface area contributed by atoms with Crippen LogP contribution in [0.1, 0.15) is 29.5 Å². The summed E-state index contributed by atoms with van der Waals surface area (Å²) in [5.41, 5.74) is 1.22. The molecule has 2 fully saturated rings. The van der Waals surface area contributed by atoms with Gasteiger partial charge in [-0.1, -0.05) is 30.3 Å². The van der Waals surface area contributed by atoms with Crippen molar-refractivity contribution in [2.75, 3.05) is 39.3 Å². The van der Waals surface area contributed by atoms with Crippen molar-refractivity contribution in [3.63, 3.8) is 0 Å². The zero-order valence-corrected chi connectivity index (χ0v) is 22.9. The number of nitrogens with zero attached hydrogens (tertiary/aromatic N) is 4. The van der Waals surface area contributed by atoms with Gasteiger partial charge in [-0.2, -0.15) is 17.5 Å². The lowest BCUT2D eigenvalue weighted by Crippen LogP contribution is -2.45. The van der Waals surface area contributed by atoms with Gasteiger partial charge in [0.1, 0.15) is 11.9 Å². The molecule has 1 aromatic heterocycles. The minimum Gasteiger partial charge on any atom is -0.490 e. The lowest BCUT2D eigenvalue weighted by atomic mass is 10.1. The van der Waals surface area contributed by atoms with E-state index in [0.29, 0.717) is 12.8 Å². The van der Waals surface area contributed by atoms with Crippen molar-refractivity contribution in [2.24, 2.45) is 0 Å². The van der Waals surface area contributed by atoms with Crippen molar-refractivity contribution in [3.8, 4) is 5.75 Å². The quantitative estimate of drug-likeness (QED) is 0.390. The Kier molecular flexibility index (Phi) is 8.74. The first-order valence-electron chi connectivity index (χ1n) is 13.4. The Morgan fingerprint density at radius 3 is 2.12 bits per heavy atom. The largest absolute Gasteiger partial charge is 0.490 e. The first kappa shape index (κ1) is 28.5. The number of pyridine rings is 1. The molecular formula is C29H33F3N4O3S. The van der Waals surface area contributed by atoms with E-state index in [9.17, 15) is 21.6 Å². The van der Waals surface area contributed by atoms with Crippen LogP contribution in [-0.2, 0) is 29.3 Å². The van der Waals surface area contributed by atoms with E-state index in [4.69, 9.17) is 4.74 Å². The number of alkyl halides is 3. The number of hydrogen-bond acceptors (Lipinski definition) is 6. The summed E-state index contributed by atoms with van der Waals surface area (Å²) in [6.07, 6.45) is -0.463. The van der Waals surface area contributed by atoms with Crippen LogP contribution in [0.25, 0.3) is 0 Å². The molecule has 2 aliphatic rings. The van der Waals surface area contributed by atoms with E-state index in [1.165, 1.54) is 17.7 Å². The maximum Gasteiger partial charge on any atom is 0.417 e. The van der Waals surface area contributed by atoms with Gasteiger partial charge in [0, 0.05) is 64.8 Å². The number of halogens is 3. The van der Waals surface area contributed by atoms with E-state index in [-0.39, 0.29) is 19.2 Å². The van der Waals surface area contributed by atoms with Crippen LogP contribution in [0.2, 0.25) is 0 Å². The van der Waals surface area contributed by atoms with E-state index in [2.05, 4.69) is 26.9 Å². The summed E-state index contributed by atoms with van der Waals surface area (Å²) >= 11 is 0. The summed E-state index contributed by atoms with van der Waals surface area (Å²) in [5.74, 6) is 0.719. The Hall–Kier alpha value is -2.99. The summed E-state index contributed by atoms with van der Waals surface area (Å²) in [4.78, 5) is 8.34. The molecule has 0 saturated carbocycles. The molecule has 7 nitrogen and oxygen atoms in total. The van der Waals surface area contributed by atoms with Crippen LogP contribution in [0.3, 0.4) is 0 Å². The third-order valence-corrected chi connectivity index (χ3v) is 9.37. The third-order valence-electron chi connectivity index (χ3n) is 7.41. The van der Waals surface area contributed by atoms with Crippen LogP contribution in [0, 0.1) is 0 Å². The summed E-state index contributed by atoms with van der Waals surface area (Å²) in [7, 11) is -4.27. The summed E-state index contributed by atoms with van der Waals surface area (Å²) in [6.45, 7) is 5.82. The Balaban J connectivity index is 1.12. The molecule has 2 saturated heterocycles. The summed E-state index contributed by atoms with van der Waals surface area (Å²) in [5, 5.41) is 0. The van der Waals surface area contributed by atoms with Crippen LogP contribution >= 0.6 is 0 Å². The average molecular weight is 575 g/mol. The Labute approximate surface area is 233 Å². The van der Waals surface area contributed by atoms with Gasteiger partial charge < -0.3 is 4.74 Å². The second-order valence-corrected chi connectivity index (χ2v) is 12.2. The maximum atomic E-state index is 13.4. The van der Waals surface area contributed by atoms with E-state index in [1.54, 1.807) is 6.20 Å². The number of hydrogen-bond donors (Lipinski definition) is 0. The van der Waals surface area contributed by atoms with Gasteiger partial charge in [-0.3, -0.25) is 14.8 Å². The van der Waals surface area contributed by atoms with E-state index >= 15 is 0 Å². The van der Waals surface area contributed by atoms with E-state index in [1.807, 2.05) is 30.5 Å². The molecule has 0 radical (unpaired) electrons. The van der Waals surface area contributed by atoms with E-state index < -0.39 is 26.7 Å². The lowest BCUT2D eigenvalue weighted by molar-refractivity contribution is -0.139. The van der Waals surface area contributed by atoms with Gasteiger partial charge in [-0.25, -0.2) is 8.42 Å². The highest BCUT2D eigenvalue weighted by molar-refractivity contribution is 7.89. The van der Waals surface area contributed by atoms with E-state index in [0.717, 1.165) is 67.0 Å². The fourth-order valence-electron chi connectivity index (χ4n) is 5.28. The highest BCUT2D eigenvalue weighted by Gasteiger charge is 2.39. The zero-order chi connectivity index (χ0) is 28.2. The van der Waals surface area contributed by atoms with Crippen LogP contribution in [0.5, 0.6) is 5.75 Å². The Morgan fingerprint density at radius 1 is 0.825 bits per heavy atom. The predicted octanol–water partition coefficient (Wildman–Crippen LogP) is 4.65. The van der Waals surface area contributed by atoms with Crippen molar-refractivity contribution in [2.45, 2.75) is 43.1 Å². The molecule has 2 aromatic carbocycles. The van der Waals surface area contributed by atoms with Crippen LogP contribution in [0.4, 0.5) is 13.2 Å². The molecule has 5 rings (SSSR count). The van der Waals surface area contributed by atoms with Crippen LogP contribution in [0.15, 0.2) is 78.0 Å². The number of benzene rings is 2. The normalized spacial score (nSPS) is 18.6. The van der Waals surface area contributed by atoms with Crippen molar-refractivity contribution < 1.29 is 26.3 Å². The first-order chi connectivity index (χ1) is 19.2. The van der Waals surface area contributed by atoms with Crippen molar-refractivity contribution in [1.82, 2.24) is 19.1 Å². The lowest BCUT2D eigenvalue weighted by Gasteiger charge is -2.35. The highest BCUT2D eigenvalue weighted by Crippen LogP contribution is 2.36. The van der Waals surface area contributed by atoms with Gasteiger partial charge >= 0.3 is 6.18 Å². The third kappa shape index (κ3) is 7.01. The average Bonchev–Trinajstić information content (AvgIpc) is 2.95. The summed E-state index contributed by atoms with van der Waals surface area (Å²) < 4.78 is 73.6. The van der Waals surface area contributed by atoms with Gasteiger partial charge in [0.05, 0.1) is 10.5 Å². The highest BCUT2D eigenvalue weighted by atomic mass is 32.2. The van der Waals surface area contributed by atoms with Gasteiger partial charge in [-0.15, -0.1) is 0 Å². The van der Waals surface area contributed by atoms with Crippen molar-refractivity contribution in [1.29, 1.82) is 0 Å². The van der Waals surface area contributed by atoms with Gasteiger partial charge in [0.2, 0.25) is 10.0 Å². The number of rotatable bonds is 8. The topological polar surface area (TPSA) is 66.0 Å². The van der Waals surface area contributed by atoms with Crippen LogP contribution in [-0.4, -0.2) is 72.9 Å². The Bertz CT molecular complexity index is 1370. The molecule has 2 aliphatic heterocycles. The fourth-order valence-corrected chi connectivity index (χ4v) is 6.96. The van der Waals surface area contributed by atoms with Crippen molar-refractivity contribution >= 4 is 10.0 Å². The Morgan fingerprint density at radius 2 is 1.48 bits per heavy atom. The molecule has 3 heterocycles. The molecule has 0 atom stereocenters. The first-order valence-corrected chi connectivity index (χ1v) is 14.9. The molecule has 0 aliphatic carbocycles. The number of piperidine rings is 1. The molecule has 0 amide bonds. The number of aromatic nitrogens is 1. The molecule has 40 heavy (non-hydrogen) atoms. The second kappa shape index (κ2) is 12.3. The molecular weight excluding hydrogens is 541 g/mol. The number of piperazine rings is 1. The molecule has 3 aromatic rings. The van der Waals surface area contributed by atoms with Gasteiger partial charge in [0.15, 0.2) is 0 Å². The van der Waals surface area contributed by atoms with Crippen LogP contribution < -0.4 is 4.74 Å². The minimum absolute atomic E-state index is 0.0994. The fraction of sp³-hybridized carbons (Fsp3) is 0.414. The molecule has 0 bridgehead atoms. The van der Waals surface area contributed by atoms with Gasteiger partial charge in [0.25, 0.3) is 0 Å². The zero-order valence-electron chi connectivity index (χ0n) is 22.1. The standard InChI is InChI=1S/C29H33F3N4O3S/c30-29(31,32)27-8-1-2-9-28(27)40(37,38)36-13-10-25(11-14-36)39-26-7-3-5-23(19-26)21-34-15-17-35(18-16-34)22-24-6-4-12-33-20-24/h1-9,12,19-20,25H,10-11,13-18,21-22H2. The summed E-state index contributed by atoms with van der Waals surface area (Å²) in [6, 6.07) is 16.3. The molecule has 0 spiro atoms. The molecule has 11 heteroatoms. The molecule has 0 N–H and O–H groups in total. The van der Waals surface area contributed by atoms with Crippen molar-refractivity contribution in [3.05, 3.63) is 89.7 Å². The minimum atomic E-state index is -4.75. The monoisotopic (exact) mass is 574 g/mol.